The van der Waals surface area contributed by atoms with Crippen molar-refractivity contribution in [3.63, 3.8) is 0 Å². The van der Waals surface area contributed by atoms with Crippen molar-refractivity contribution in [3.05, 3.63) is 34.9 Å². The molecule has 0 fully saturated rings. The van der Waals surface area contributed by atoms with E-state index in [9.17, 15) is 14.4 Å². The van der Waals surface area contributed by atoms with E-state index in [0.717, 1.165) is 5.56 Å². The summed E-state index contributed by atoms with van der Waals surface area (Å²) in [5.41, 5.74) is -0.517. The Morgan fingerprint density at radius 1 is 1.03 bits per heavy atom. The highest BCUT2D eigenvalue weighted by molar-refractivity contribution is 6.30. The lowest BCUT2D eigenvalue weighted by atomic mass is 10.0. The van der Waals surface area contributed by atoms with E-state index in [0.29, 0.717) is 5.02 Å². The Morgan fingerprint density at radius 3 is 2.03 bits per heavy atom. The van der Waals surface area contributed by atoms with Gasteiger partial charge in [-0.15, -0.1) is 0 Å². The van der Waals surface area contributed by atoms with E-state index in [-0.39, 0.29) is 6.42 Å². The van der Waals surface area contributed by atoms with E-state index >= 15 is 0 Å². The Hall–Kier alpha value is -2.32. The smallest absolute Gasteiger partial charge is 0.408 e. The van der Waals surface area contributed by atoms with Crippen molar-refractivity contribution in [2.75, 3.05) is 14.2 Å². The number of nitrogens with one attached hydrogen (secondary N) is 1. The van der Waals surface area contributed by atoms with Gasteiger partial charge in [0, 0.05) is 18.5 Å². The number of ether oxygens (including phenoxy) is 3. The maximum atomic E-state index is 13.5. The lowest BCUT2D eigenvalue weighted by Crippen LogP contribution is -2.57. The molecule has 0 spiro atoms. The summed E-state index contributed by atoms with van der Waals surface area (Å²) in [5.74, 6) is -1.11. The Morgan fingerprint density at radius 2 is 1.58 bits per heavy atom. The van der Waals surface area contributed by atoms with Crippen molar-refractivity contribution < 1.29 is 28.6 Å². The number of hydrogen-bond donors (Lipinski definition) is 1. The number of halogens is 1. The molecule has 1 aromatic carbocycles. The maximum Gasteiger partial charge on any atom is 0.408 e. The van der Waals surface area contributed by atoms with E-state index in [1.807, 2.05) is 20.8 Å². The van der Waals surface area contributed by atoms with Crippen LogP contribution in [0.15, 0.2) is 24.3 Å². The van der Waals surface area contributed by atoms with Crippen LogP contribution in [0.2, 0.25) is 5.02 Å². The third-order valence-corrected chi connectivity index (χ3v) is 4.79. The molecular weight excluding hydrogens is 448 g/mol. The number of alkyl carbamates (subject to hydrolysis) is 1. The van der Waals surface area contributed by atoms with Crippen LogP contribution in [0.4, 0.5) is 4.79 Å². The van der Waals surface area contributed by atoms with Gasteiger partial charge in [-0.1, -0.05) is 23.7 Å². The highest BCUT2D eigenvalue weighted by atomic mass is 35.5. The van der Waals surface area contributed by atoms with Gasteiger partial charge in [-0.25, -0.2) is 9.59 Å². The molecule has 1 N–H and O–H groups in total. The minimum atomic E-state index is -1.02. The van der Waals surface area contributed by atoms with Gasteiger partial charge < -0.3 is 24.4 Å². The summed E-state index contributed by atoms with van der Waals surface area (Å²) in [6.07, 6.45) is -1.23. The summed E-state index contributed by atoms with van der Waals surface area (Å²) in [6.45, 7) is 12.5. The first kappa shape index (κ1) is 28.7. The van der Waals surface area contributed by atoms with E-state index < -0.39 is 47.4 Å². The number of hydrogen-bond acceptors (Lipinski definition) is 6. The summed E-state index contributed by atoms with van der Waals surface area (Å²) >= 11 is 5.97. The van der Waals surface area contributed by atoms with Gasteiger partial charge in [0.05, 0.1) is 18.8 Å². The molecule has 186 valence electrons. The molecule has 0 heterocycles. The molecule has 9 heteroatoms. The summed E-state index contributed by atoms with van der Waals surface area (Å²) in [4.78, 5) is 39.8. The molecule has 1 aromatic rings. The van der Waals surface area contributed by atoms with E-state index in [1.54, 1.807) is 52.0 Å². The fourth-order valence-electron chi connectivity index (χ4n) is 3.30. The van der Waals surface area contributed by atoms with Crippen molar-refractivity contribution in [2.45, 2.75) is 84.3 Å². The predicted molar refractivity (Wildman–Crippen MR) is 127 cm³/mol. The van der Waals surface area contributed by atoms with Crippen LogP contribution in [-0.2, 0) is 30.2 Å². The number of carbonyl (C=O) groups excluding carboxylic acids is 3. The van der Waals surface area contributed by atoms with Crippen LogP contribution in [0.25, 0.3) is 0 Å². The van der Waals surface area contributed by atoms with Gasteiger partial charge in [-0.3, -0.25) is 4.79 Å². The van der Waals surface area contributed by atoms with Crippen LogP contribution in [0.5, 0.6) is 0 Å². The van der Waals surface area contributed by atoms with Crippen molar-refractivity contribution >= 4 is 29.6 Å². The molecule has 1 rings (SSSR count). The molecule has 0 radical (unpaired) electrons. The number of likely N-dealkylation sites (N-methyl/N-ethyl adjacent to an activating group) is 1. The standard InChI is InChI=1S/C24H37ClN2O6/c1-15(32-23(2,3)4)19(21(29)31-9)27(8)20(28)18(26-22(30)33-24(5,6)7)14-16-10-12-17(25)13-11-16/h10-13,15,18-19H,14H2,1-9H3,(H,26,30)/t15-,18+,19+/m1/s1. The van der Waals surface area contributed by atoms with E-state index in [1.165, 1.54) is 19.1 Å². The van der Waals surface area contributed by atoms with Crippen LogP contribution in [0.1, 0.15) is 54.0 Å². The second kappa shape index (κ2) is 11.7. The molecule has 0 aliphatic rings. The first-order valence-corrected chi connectivity index (χ1v) is 11.2. The second-order valence-corrected chi connectivity index (χ2v) is 10.3. The van der Waals surface area contributed by atoms with Crippen LogP contribution in [-0.4, -0.2) is 66.4 Å². The van der Waals surface area contributed by atoms with Crippen molar-refractivity contribution in [2.24, 2.45) is 0 Å². The number of nitrogens with zero attached hydrogens (tertiary/aromatic N) is 1. The fraction of sp³-hybridized carbons (Fsp3) is 0.625. The summed E-state index contributed by atoms with van der Waals surface area (Å²) in [6, 6.07) is 4.92. The second-order valence-electron chi connectivity index (χ2n) is 9.88. The number of rotatable bonds is 8. The zero-order valence-corrected chi connectivity index (χ0v) is 21.8. The van der Waals surface area contributed by atoms with E-state index in [2.05, 4.69) is 5.32 Å². The van der Waals surface area contributed by atoms with Crippen LogP contribution in [0, 0.1) is 0 Å². The van der Waals surface area contributed by atoms with Crippen LogP contribution < -0.4 is 5.32 Å². The van der Waals surface area contributed by atoms with Gasteiger partial charge >= 0.3 is 12.1 Å². The highest BCUT2D eigenvalue weighted by Gasteiger charge is 2.38. The molecule has 0 aliphatic heterocycles. The van der Waals surface area contributed by atoms with Crippen LogP contribution in [0.3, 0.4) is 0 Å². The molecular formula is C24H37ClN2O6. The van der Waals surface area contributed by atoms with Gasteiger partial charge in [0.25, 0.3) is 0 Å². The number of benzene rings is 1. The SMILES string of the molecule is COC(=O)[C@H]([C@@H](C)OC(C)(C)C)N(C)C(=O)[C@H](Cc1ccc(Cl)cc1)NC(=O)OC(C)(C)C. The summed E-state index contributed by atoms with van der Waals surface area (Å²) in [5, 5.41) is 3.19. The average Bonchev–Trinajstić information content (AvgIpc) is 2.65. The number of methoxy groups -OCH3 is 1. The van der Waals surface area contributed by atoms with Crippen LogP contribution >= 0.6 is 11.6 Å². The monoisotopic (exact) mass is 484 g/mol. The molecule has 2 amide bonds. The predicted octanol–water partition coefficient (Wildman–Crippen LogP) is 3.98. The normalized spacial score (nSPS) is 14.6. The minimum Gasteiger partial charge on any atom is -0.467 e. The molecule has 0 unspecified atom stereocenters. The molecule has 8 nitrogen and oxygen atoms in total. The Kier molecular flexibility index (Phi) is 10.2. The van der Waals surface area contributed by atoms with Crippen molar-refractivity contribution in [1.82, 2.24) is 10.2 Å². The minimum absolute atomic E-state index is 0.169. The summed E-state index contributed by atoms with van der Waals surface area (Å²) < 4.78 is 16.2. The zero-order valence-electron chi connectivity index (χ0n) is 21.0. The molecule has 33 heavy (non-hydrogen) atoms. The average molecular weight is 485 g/mol. The Labute approximate surface area is 201 Å². The first-order chi connectivity index (χ1) is 15.0. The highest BCUT2D eigenvalue weighted by Crippen LogP contribution is 2.19. The molecule has 0 aromatic heterocycles. The molecule has 0 bridgehead atoms. The lowest BCUT2D eigenvalue weighted by molar-refractivity contribution is -0.164. The number of esters is 1. The zero-order chi connectivity index (χ0) is 25.6. The molecule has 0 saturated carbocycles. The molecule has 0 saturated heterocycles. The van der Waals surface area contributed by atoms with Crippen molar-refractivity contribution in [3.8, 4) is 0 Å². The van der Waals surface area contributed by atoms with Gasteiger partial charge in [0.1, 0.15) is 11.6 Å². The Balaban J connectivity index is 3.23. The summed E-state index contributed by atoms with van der Waals surface area (Å²) in [7, 11) is 2.74. The van der Waals surface area contributed by atoms with Gasteiger partial charge in [-0.2, -0.15) is 0 Å². The fourth-order valence-corrected chi connectivity index (χ4v) is 3.42. The molecule has 3 atom stereocenters. The first-order valence-electron chi connectivity index (χ1n) is 10.8. The largest absolute Gasteiger partial charge is 0.467 e. The van der Waals surface area contributed by atoms with Gasteiger partial charge in [0.2, 0.25) is 5.91 Å². The quantitative estimate of drug-likeness (QED) is 0.561. The topological polar surface area (TPSA) is 94.2 Å². The van der Waals surface area contributed by atoms with Gasteiger partial charge in [-0.05, 0) is 66.2 Å². The lowest BCUT2D eigenvalue weighted by Gasteiger charge is -2.36. The molecule has 0 aliphatic carbocycles. The van der Waals surface area contributed by atoms with Gasteiger partial charge in [0.15, 0.2) is 6.04 Å². The van der Waals surface area contributed by atoms with Crippen molar-refractivity contribution in [1.29, 1.82) is 0 Å². The number of amides is 2. The maximum absolute atomic E-state index is 13.5. The number of carbonyl (C=O) groups is 3. The third-order valence-electron chi connectivity index (χ3n) is 4.53. The van der Waals surface area contributed by atoms with E-state index in [4.69, 9.17) is 25.8 Å². The Bertz CT molecular complexity index is 814. The third kappa shape index (κ3) is 10.0.